The van der Waals surface area contributed by atoms with Crippen LogP contribution in [0, 0.1) is 0 Å². The SMILES string of the molecule is CCN(CCCNC(=O)CCc1ccccc1N)S(C)(=O)=O. The van der Waals surface area contributed by atoms with E-state index in [1.165, 1.54) is 10.6 Å². The third-order valence-corrected chi connectivity index (χ3v) is 4.78. The van der Waals surface area contributed by atoms with Gasteiger partial charge in [-0.3, -0.25) is 4.79 Å². The van der Waals surface area contributed by atoms with Crippen molar-refractivity contribution in [3.63, 3.8) is 0 Å². The Balaban J connectivity index is 2.25. The van der Waals surface area contributed by atoms with Gasteiger partial charge in [0.15, 0.2) is 0 Å². The van der Waals surface area contributed by atoms with Gasteiger partial charge in [0.2, 0.25) is 15.9 Å². The minimum atomic E-state index is -3.16. The molecule has 1 aromatic carbocycles. The summed E-state index contributed by atoms with van der Waals surface area (Å²) in [6, 6.07) is 7.49. The average molecular weight is 327 g/mol. The van der Waals surface area contributed by atoms with Crippen molar-refractivity contribution in [2.75, 3.05) is 31.6 Å². The third-order valence-electron chi connectivity index (χ3n) is 3.40. The monoisotopic (exact) mass is 327 g/mol. The molecule has 0 radical (unpaired) electrons. The second-order valence-electron chi connectivity index (χ2n) is 5.16. The molecule has 1 amide bonds. The maximum absolute atomic E-state index is 11.8. The Morgan fingerprint density at radius 3 is 2.59 bits per heavy atom. The summed E-state index contributed by atoms with van der Waals surface area (Å²) >= 11 is 0. The zero-order valence-corrected chi connectivity index (χ0v) is 14.0. The van der Waals surface area contributed by atoms with E-state index in [2.05, 4.69) is 5.32 Å². The van der Waals surface area contributed by atoms with Crippen molar-refractivity contribution < 1.29 is 13.2 Å². The van der Waals surface area contributed by atoms with Crippen molar-refractivity contribution in [2.45, 2.75) is 26.2 Å². The lowest BCUT2D eigenvalue weighted by atomic mass is 10.1. The number of nitrogens with one attached hydrogen (secondary N) is 1. The molecule has 0 aliphatic carbocycles. The Hall–Kier alpha value is -1.60. The molecule has 0 atom stereocenters. The first-order valence-electron chi connectivity index (χ1n) is 7.39. The fraction of sp³-hybridized carbons (Fsp3) is 0.533. The van der Waals surface area contributed by atoms with Crippen LogP contribution in [0.15, 0.2) is 24.3 Å². The summed E-state index contributed by atoms with van der Waals surface area (Å²) in [7, 11) is -3.16. The number of hydrogen-bond donors (Lipinski definition) is 2. The quantitative estimate of drug-likeness (QED) is 0.522. The minimum Gasteiger partial charge on any atom is -0.399 e. The van der Waals surface area contributed by atoms with E-state index in [0.29, 0.717) is 44.6 Å². The molecule has 0 aliphatic rings. The van der Waals surface area contributed by atoms with Gasteiger partial charge in [-0.2, -0.15) is 0 Å². The van der Waals surface area contributed by atoms with Crippen molar-refractivity contribution in [1.82, 2.24) is 9.62 Å². The lowest BCUT2D eigenvalue weighted by Crippen LogP contribution is -2.33. The fourth-order valence-corrected chi connectivity index (χ4v) is 3.07. The molecule has 0 aliphatic heterocycles. The molecular formula is C15H25N3O3S. The molecule has 0 saturated heterocycles. The number of sulfonamides is 1. The largest absolute Gasteiger partial charge is 0.399 e. The molecule has 0 heterocycles. The van der Waals surface area contributed by atoms with Crippen LogP contribution in [0.2, 0.25) is 0 Å². The lowest BCUT2D eigenvalue weighted by Gasteiger charge is -2.17. The summed E-state index contributed by atoms with van der Waals surface area (Å²) in [5, 5.41) is 2.80. The van der Waals surface area contributed by atoms with Crippen LogP contribution in [-0.2, 0) is 21.2 Å². The van der Waals surface area contributed by atoms with Crippen molar-refractivity contribution in [3.05, 3.63) is 29.8 Å². The maximum Gasteiger partial charge on any atom is 0.220 e. The second-order valence-corrected chi connectivity index (χ2v) is 7.14. The molecule has 0 spiro atoms. The highest BCUT2D eigenvalue weighted by atomic mass is 32.2. The van der Waals surface area contributed by atoms with Gasteiger partial charge in [0.25, 0.3) is 0 Å². The van der Waals surface area contributed by atoms with Gasteiger partial charge in [-0.25, -0.2) is 12.7 Å². The Bertz CT molecular complexity index is 587. The summed E-state index contributed by atoms with van der Waals surface area (Å²) < 4.78 is 24.2. The molecule has 1 aromatic rings. The maximum atomic E-state index is 11.8. The third kappa shape index (κ3) is 6.44. The predicted octanol–water partition coefficient (Wildman–Crippen LogP) is 0.989. The Morgan fingerprint density at radius 2 is 2.00 bits per heavy atom. The van der Waals surface area contributed by atoms with E-state index in [9.17, 15) is 13.2 Å². The van der Waals surface area contributed by atoms with Gasteiger partial charge in [0.05, 0.1) is 6.26 Å². The van der Waals surface area contributed by atoms with Gasteiger partial charge in [0, 0.05) is 31.7 Å². The minimum absolute atomic E-state index is 0.0503. The summed E-state index contributed by atoms with van der Waals surface area (Å²) in [6.07, 6.45) is 2.76. The first-order chi connectivity index (χ1) is 10.3. The van der Waals surface area contributed by atoms with E-state index >= 15 is 0 Å². The number of nitrogens with zero attached hydrogens (tertiary/aromatic N) is 1. The number of rotatable bonds is 9. The molecular weight excluding hydrogens is 302 g/mol. The second kappa shape index (κ2) is 8.75. The van der Waals surface area contributed by atoms with Crippen molar-refractivity contribution in [3.8, 4) is 0 Å². The molecule has 0 unspecified atom stereocenters. The summed E-state index contributed by atoms with van der Waals surface area (Å²) in [5.74, 6) is -0.0503. The molecule has 22 heavy (non-hydrogen) atoms. The van der Waals surface area contributed by atoms with Crippen LogP contribution in [0.25, 0.3) is 0 Å². The number of nitrogen functional groups attached to an aromatic ring is 1. The van der Waals surface area contributed by atoms with Crippen LogP contribution >= 0.6 is 0 Å². The number of carbonyl (C=O) groups is 1. The Labute approximate surface area is 132 Å². The highest BCUT2D eigenvalue weighted by Crippen LogP contribution is 2.12. The number of aryl methyl sites for hydroxylation is 1. The zero-order valence-electron chi connectivity index (χ0n) is 13.2. The van der Waals surface area contributed by atoms with Gasteiger partial charge in [-0.1, -0.05) is 25.1 Å². The van der Waals surface area contributed by atoms with Gasteiger partial charge < -0.3 is 11.1 Å². The predicted molar refractivity (Wildman–Crippen MR) is 88.9 cm³/mol. The van der Waals surface area contributed by atoms with Crippen molar-refractivity contribution >= 4 is 21.6 Å². The molecule has 7 heteroatoms. The van der Waals surface area contributed by atoms with Gasteiger partial charge in [-0.05, 0) is 24.5 Å². The molecule has 1 rings (SSSR count). The van der Waals surface area contributed by atoms with E-state index in [-0.39, 0.29) is 5.91 Å². The zero-order chi connectivity index (χ0) is 16.6. The van der Waals surface area contributed by atoms with E-state index in [1.807, 2.05) is 24.3 Å². The summed E-state index contributed by atoms with van der Waals surface area (Å²) in [4.78, 5) is 11.8. The van der Waals surface area contributed by atoms with Gasteiger partial charge in [0.1, 0.15) is 0 Å². The number of para-hydroxylation sites is 1. The molecule has 0 aromatic heterocycles. The lowest BCUT2D eigenvalue weighted by molar-refractivity contribution is -0.121. The Morgan fingerprint density at radius 1 is 1.32 bits per heavy atom. The summed E-state index contributed by atoms with van der Waals surface area (Å²) in [6.45, 7) is 3.13. The first kappa shape index (κ1) is 18.4. The number of nitrogens with two attached hydrogens (primary N) is 1. The molecule has 124 valence electrons. The standard InChI is InChI=1S/C15H25N3O3S/c1-3-18(22(2,20)21)12-6-11-17-15(19)10-9-13-7-4-5-8-14(13)16/h4-5,7-8H,3,6,9-12,16H2,1-2H3,(H,17,19). The first-order valence-corrected chi connectivity index (χ1v) is 9.24. The highest BCUT2D eigenvalue weighted by Gasteiger charge is 2.13. The smallest absolute Gasteiger partial charge is 0.220 e. The average Bonchev–Trinajstić information content (AvgIpc) is 2.45. The number of benzene rings is 1. The molecule has 0 fully saturated rings. The normalized spacial score (nSPS) is 11.6. The molecule has 3 N–H and O–H groups in total. The molecule has 0 bridgehead atoms. The Kier molecular flexibility index (Phi) is 7.34. The van der Waals surface area contributed by atoms with Crippen LogP contribution in [0.3, 0.4) is 0 Å². The van der Waals surface area contributed by atoms with Crippen molar-refractivity contribution in [2.24, 2.45) is 0 Å². The van der Waals surface area contributed by atoms with E-state index < -0.39 is 10.0 Å². The van der Waals surface area contributed by atoms with Crippen LogP contribution < -0.4 is 11.1 Å². The van der Waals surface area contributed by atoms with Crippen LogP contribution in [-0.4, -0.2) is 44.5 Å². The number of amides is 1. The van der Waals surface area contributed by atoms with Crippen LogP contribution in [0.1, 0.15) is 25.3 Å². The van der Waals surface area contributed by atoms with Gasteiger partial charge >= 0.3 is 0 Å². The van der Waals surface area contributed by atoms with E-state index in [1.54, 1.807) is 6.92 Å². The topological polar surface area (TPSA) is 92.5 Å². The number of carbonyl (C=O) groups excluding carboxylic acids is 1. The molecule has 0 saturated carbocycles. The fourth-order valence-electron chi connectivity index (χ4n) is 2.14. The van der Waals surface area contributed by atoms with E-state index in [4.69, 9.17) is 5.73 Å². The van der Waals surface area contributed by atoms with Crippen LogP contribution in [0.5, 0.6) is 0 Å². The molecule has 6 nitrogen and oxygen atoms in total. The van der Waals surface area contributed by atoms with Gasteiger partial charge in [-0.15, -0.1) is 0 Å². The summed E-state index contributed by atoms with van der Waals surface area (Å²) in [5.41, 5.74) is 7.48. The number of anilines is 1. The highest BCUT2D eigenvalue weighted by molar-refractivity contribution is 7.88. The van der Waals surface area contributed by atoms with Crippen molar-refractivity contribution in [1.29, 1.82) is 0 Å². The van der Waals surface area contributed by atoms with E-state index in [0.717, 1.165) is 5.56 Å². The number of hydrogen-bond acceptors (Lipinski definition) is 4. The van der Waals surface area contributed by atoms with Crippen LogP contribution in [0.4, 0.5) is 5.69 Å².